The van der Waals surface area contributed by atoms with Crippen LogP contribution in [0.5, 0.6) is 0 Å². The van der Waals surface area contributed by atoms with Gasteiger partial charge in [0.1, 0.15) is 0 Å². The Morgan fingerprint density at radius 3 is 2.69 bits per heavy atom. The van der Waals surface area contributed by atoms with Gasteiger partial charge in [0.2, 0.25) is 0 Å². The van der Waals surface area contributed by atoms with Gasteiger partial charge in [-0.15, -0.1) is 0 Å². The molecule has 0 heterocycles. The van der Waals surface area contributed by atoms with Crippen LogP contribution < -0.4 is 0 Å². The van der Waals surface area contributed by atoms with Gasteiger partial charge in [-0.3, -0.25) is 4.79 Å². The summed E-state index contributed by atoms with van der Waals surface area (Å²) in [4.78, 5) is 10.7. The Morgan fingerprint density at radius 1 is 1.27 bits per heavy atom. The Kier molecular flexibility index (Phi) is 6.24. The summed E-state index contributed by atoms with van der Waals surface area (Å²) in [6, 6.07) is 0. The van der Waals surface area contributed by atoms with E-state index in [4.69, 9.17) is 5.11 Å². The van der Waals surface area contributed by atoms with Crippen molar-refractivity contribution in [2.24, 2.45) is 23.2 Å². The maximum Gasteiger partial charge on any atom is 0.303 e. The minimum Gasteiger partial charge on any atom is -0.481 e. The van der Waals surface area contributed by atoms with Crippen molar-refractivity contribution in [2.75, 3.05) is 0 Å². The molecule has 0 saturated heterocycles. The first kappa shape index (κ1) is 19.6. The number of hydrogen-bond donors (Lipinski definition) is 3. The van der Waals surface area contributed by atoms with Crippen molar-refractivity contribution in [1.29, 1.82) is 0 Å². The minimum absolute atomic E-state index is 0.0858. The van der Waals surface area contributed by atoms with E-state index in [2.05, 4.69) is 19.1 Å². The predicted molar refractivity (Wildman–Crippen MR) is 102 cm³/mol. The van der Waals surface area contributed by atoms with Crippen molar-refractivity contribution in [3.63, 3.8) is 0 Å². The third kappa shape index (κ3) is 4.07. The highest BCUT2D eigenvalue weighted by Crippen LogP contribution is 2.61. The molecule has 0 spiro atoms. The quantitative estimate of drug-likeness (QED) is 0.622. The standard InChI is InChI=1S/C22H34O4/c1-22-13-12-20(24)17(10-11-19(23)15-6-3-2-4-7-15)18(22)14-16(22)8-5-9-21(25)26/h8,10-11,15,17-20,23-24H,2-7,9,12-14H2,1H3,(H,25,26)/t17-,18-,19?,20-,22-/m1/s1. The topological polar surface area (TPSA) is 77.8 Å². The minimum atomic E-state index is -0.751. The number of hydrogen-bond acceptors (Lipinski definition) is 3. The number of fused-ring (bicyclic) bond motifs is 1. The average Bonchev–Trinajstić information content (AvgIpc) is 2.63. The van der Waals surface area contributed by atoms with Crippen LogP contribution in [0.1, 0.15) is 71.1 Å². The molecule has 3 saturated carbocycles. The van der Waals surface area contributed by atoms with E-state index in [9.17, 15) is 15.0 Å². The maximum absolute atomic E-state index is 10.7. The highest BCUT2D eigenvalue weighted by Gasteiger charge is 2.53. The highest BCUT2D eigenvalue weighted by atomic mass is 16.4. The molecule has 1 unspecified atom stereocenters. The summed E-state index contributed by atoms with van der Waals surface area (Å²) in [5, 5.41) is 29.9. The molecule has 146 valence electrons. The number of allylic oxidation sites excluding steroid dienone is 2. The van der Waals surface area contributed by atoms with Gasteiger partial charge in [-0.2, -0.15) is 0 Å². The molecular formula is C22H34O4. The van der Waals surface area contributed by atoms with Crippen molar-refractivity contribution in [1.82, 2.24) is 0 Å². The molecule has 0 aromatic rings. The zero-order chi connectivity index (χ0) is 18.7. The Morgan fingerprint density at radius 2 is 2.00 bits per heavy atom. The van der Waals surface area contributed by atoms with Gasteiger partial charge in [0.15, 0.2) is 0 Å². The second-order valence-corrected chi connectivity index (χ2v) is 8.85. The molecule has 0 aliphatic heterocycles. The molecule has 3 fully saturated rings. The van der Waals surface area contributed by atoms with E-state index in [1.807, 2.05) is 6.08 Å². The Hall–Kier alpha value is -1.13. The Bertz CT molecular complexity index is 560. The van der Waals surface area contributed by atoms with Crippen LogP contribution in [-0.2, 0) is 4.79 Å². The van der Waals surface area contributed by atoms with Crippen LogP contribution in [0.15, 0.2) is 23.8 Å². The zero-order valence-electron chi connectivity index (χ0n) is 15.9. The molecule has 4 heteroatoms. The van der Waals surface area contributed by atoms with Gasteiger partial charge in [-0.25, -0.2) is 0 Å². The van der Waals surface area contributed by atoms with Crippen LogP contribution in [0.3, 0.4) is 0 Å². The molecule has 3 aliphatic rings. The number of aliphatic carboxylic acids is 1. The van der Waals surface area contributed by atoms with Gasteiger partial charge in [-0.05, 0) is 55.8 Å². The fourth-order valence-electron chi connectivity index (χ4n) is 5.44. The van der Waals surface area contributed by atoms with Gasteiger partial charge in [0.25, 0.3) is 0 Å². The number of aliphatic hydroxyl groups excluding tert-OH is 2. The normalized spacial score (nSPS) is 38.1. The van der Waals surface area contributed by atoms with Gasteiger partial charge >= 0.3 is 5.97 Å². The summed E-state index contributed by atoms with van der Waals surface area (Å²) < 4.78 is 0. The van der Waals surface area contributed by atoms with E-state index < -0.39 is 5.97 Å². The third-order valence-corrected chi connectivity index (χ3v) is 7.27. The molecular weight excluding hydrogens is 328 g/mol. The van der Waals surface area contributed by atoms with Crippen LogP contribution in [0.4, 0.5) is 0 Å². The average molecular weight is 363 g/mol. The monoisotopic (exact) mass is 362 g/mol. The van der Waals surface area contributed by atoms with E-state index in [1.165, 1.54) is 24.8 Å². The molecule has 4 nitrogen and oxygen atoms in total. The first-order chi connectivity index (χ1) is 12.4. The lowest BCUT2D eigenvalue weighted by molar-refractivity contribution is -0.136. The first-order valence-corrected chi connectivity index (χ1v) is 10.4. The SMILES string of the molecule is C[C@]12CC[C@@H](O)[C@H](C=CC(O)C3CCCCC3)[C@H]1CC2=CCCC(=O)O. The summed E-state index contributed by atoms with van der Waals surface area (Å²) in [5.41, 5.74) is 1.45. The summed E-state index contributed by atoms with van der Waals surface area (Å²) >= 11 is 0. The number of carboxylic acid groups (broad SMARTS) is 1. The van der Waals surface area contributed by atoms with Gasteiger partial charge in [0.05, 0.1) is 12.2 Å². The largest absolute Gasteiger partial charge is 0.481 e. The van der Waals surface area contributed by atoms with Crippen molar-refractivity contribution in [3.05, 3.63) is 23.8 Å². The summed E-state index contributed by atoms with van der Waals surface area (Å²) in [5.74, 6) is 0.125. The van der Waals surface area contributed by atoms with E-state index in [0.29, 0.717) is 18.3 Å². The number of aliphatic hydroxyl groups is 2. The van der Waals surface area contributed by atoms with Gasteiger partial charge < -0.3 is 15.3 Å². The Labute approximate surface area is 157 Å². The van der Waals surface area contributed by atoms with Crippen LogP contribution >= 0.6 is 0 Å². The first-order valence-electron chi connectivity index (χ1n) is 10.4. The lowest BCUT2D eigenvalue weighted by Crippen LogP contribution is -2.51. The van der Waals surface area contributed by atoms with E-state index in [-0.39, 0.29) is 30.0 Å². The number of carbonyl (C=O) groups is 1. The molecule has 0 aromatic carbocycles. The lowest BCUT2D eigenvalue weighted by Gasteiger charge is -2.57. The zero-order valence-corrected chi connectivity index (χ0v) is 15.9. The van der Waals surface area contributed by atoms with Crippen LogP contribution in [0.25, 0.3) is 0 Å². The fraction of sp³-hybridized carbons (Fsp3) is 0.773. The van der Waals surface area contributed by atoms with Crippen molar-refractivity contribution < 1.29 is 20.1 Å². The lowest BCUT2D eigenvalue weighted by atomic mass is 9.48. The second-order valence-electron chi connectivity index (χ2n) is 8.85. The molecule has 5 atom stereocenters. The van der Waals surface area contributed by atoms with E-state index >= 15 is 0 Å². The maximum atomic E-state index is 10.7. The molecule has 0 aromatic heterocycles. The number of carboxylic acids is 1. The van der Waals surface area contributed by atoms with E-state index in [1.54, 1.807) is 0 Å². The molecule has 3 N–H and O–H groups in total. The predicted octanol–water partition coefficient (Wildman–Crippen LogP) is 4.07. The van der Waals surface area contributed by atoms with Crippen molar-refractivity contribution in [2.45, 2.75) is 83.3 Å². The molecule has 0 radical (unpaired) electrons. The highest BCUT2D eigenvalue weighted by molar-refractivity contribution is 5.66. The van der Waals surface area contributed by atoms with E-state index in [0.717, 1.165) is 32.1 Å². The third-order valence-electron chi connectivity index (χ3n) is 7.27. The van der Waals surface area contributed by atoms with Crippen LogP contribution in [0, 0.1) is 23.2 Å². The Balaban J connectivity index is 1.62. The smallest absolute Gasteiger partial charge is 0.303 e. The summed E-state index contributed by atoms with van der Waals surface area (Å²) in [6.07, 6.45) is 14.8. The molecule has 3 aliphatic carbocycles. The molecule has 3 rings (SSSR count). The number of rotatable bonds is 6. The fourth-order valence-corrected chi connectivity index (χ4v) is 5.44. The van der Waals surface area contributed by atoms with Crippen molar-refractivity contribution >= 4 is 5.97 Å². The summed E-state index contributed by atoms with van der Waals surface area (Å²) in [6.45, 7) is 2.26. The molecule has 26 heavy (non-hydrogen) atoms. The second kappa shape index (κ2) is 8.26. The van der Waals surface area contributed by atoms with Crippen molar-refractivity contribution in [3.8, 4) is 0 Å². The molecule has 0 bridgehead atoms. The summed E-state index contributed by atoms with van der Waals surface area (Å²) in [7, 11) is 0. The van der Waals surface area contributed by atoms with Gasteiger partial charge in [0, 0.05) is 12.3 Å². The van der Waals surface area contributed by atoms with Crippen LogP contribution in [-0.4, -0.2) is 33.5 Å². The van der Waals surface area contributed by atoms with Crippen LogP contribution in [0.2, 0.25) is 0 Å². The molecule has 0 amide bonds. The van der Waals surface area contributed by atoms with Gasteiger partial charge in [-0.1, -0.05) is 50.0 Å².